The lowest BCUT2D eigenvalue weighted by molar-refractivity contribution is 0.0686. The number of carbonyl (C=O) groups is 2. The van der Waals surface area contributed by atoms with Gasteiger partial charge in [0.2, 0.25) is 0 Å². The topological polar surface area (TPSA) is 115 Å². The third kappa shape index (κ3) is 12.6. The molecule has 6 heteroatoms. The summed E-state index contributed by atoms with van der Waals surface area (Å²) in [7, 11) is 0. The number of benzene rings is 2. The van der Waals surface area contributed by atoms with Gasteiger partial charge < -0.3 is 20.4 Å². The van der Waals surface area contributed by atoms with Gasteiger partial charge in [-0.3, -0.25) is 0 Å². The van der Waals surface area contributed by atoms with Crippen LogP contribution in [0.15, 0.2) is 60.7 Å². The lowest BCUT2D eigenvalue weighted by atomic mass is 9.96. The van der Waals surface area contributed by atoms with Crippen LogP contribution in [0.3, 0.4) is 0 Å². The third-order valence-electron chi connectivity index (χ3n) is 3.78. The quantitative estimate of drug-likeness (QED) is 0.572. The molecule has 2 aromatic rings. The molecule has 0 amide bonds. The molecular weight excluding hydrogens is 360 g/mol. The molecule has 4 N–H and O–H groups in total. The van der Waals surface area contributed by atoms with Gasteiger partial charge in [0, 0.05) is 13.2 Å². The first-order chi connectivity index (χ1) is 13.3. The highest BCUT2D eigenvalue weighted by Gasteiger charge is 2.06. The number of carboxylic acids is 2. The first-order valence-electron chi connectivity index (χ1n) is 9.10. The molecule has 154 valence electrons. The molecule has 2 atom stereocenters. The van der Waals surface area contributed by atoms with Crippen molar-refractivity contribution in [2.45, 2.75) is 26.7 Å². The van der Waals surface area contributed by atoms with Crippen molar-refractivity contribution in [1.29, 1.82) is 0 Å². The predicted molar refractivity (Wildman–Crippen MR) is 109 cm³/mol. The Balaban J connectivity index is 0.000000391. The van der Waals surface area contributed by atoms with E-state index in [-0.39, 0.29) is 13.2 Å². The van der Waals surface area contributed by atoms with Crippen molar-refractivity contribution in [3.8, 4) is 0 Å². The lowest BCUT2D eigenvalue weighted by Crippen LogP contribution is -2.08. The van der Waals surface area contributed by atoms with Gasteiger partial charge in [-0.1, -0.05) is 50.2 Å². The molecule has 2 unspecified atom stereocenters. The van der Waals surface area contributed by atoms with E-state index in [0.717, 1.165) is 12.8 Å². The fraction of sp³-hybridized carbons (Fsp3) is 0.364. The van der Waals surface area contributed by atoms with Gasteiger partial charge in [-0.15, -0.1) is 0 Å². The van der Waals surface area contributed by atoms with Crippen molar-refractivity contribution < 1.29 is 30.0 Å². The molecule has 0 aliphatic carbocycles. The SMILES string of the molecule is CC(CO)CC(C)CCO.O=C(O)c1ccccc1.O=C(O)c1ccccc1. The molecule has 0 aliphatic heterocycles. The van der Waals surface area contributed by atoms with Crippen molar-refractivity contribution in [3.05, 3.63) is 71.8 Å². The van der Waals surface area contributed by atoms with Crippen LogP contribution in [0.5, 0.6) is 0 Å². The monoisotopic (exact) mass is 390 g/mol. The highest BCUT2D eigenvalue weighted by molar-refractivity contribution is 5.87. The van der Waals surface area contributed by atoms with Crippen molar-refractivity contribution >= 4 is 11.9 Å². The predicted octanol–water partition coefficient (Wildman–Crippen LogP) is 3.79. The summed E-state index contributed by atoms with van der Waals surface area (Å²) in [5.41, 5.74) is 0.662. The average Bonchev–Trinajstić information content (AvgIpc) is 2.70. The van der Waals surface area contributed by atoms with Crippen LogP contribution in [-0.2, 0) is 0 Å². The fourth-order valence-corrected chi connectivity index (χ4v) is 2.26. The Kier molecular flexibility index (Phi) is 13.9. The standard InChI is InChI=1S/C8H18O2.2C7H6O2/c1-7(3-4-9)5-8(2)6-10;2*8-7(9)6-4-2-1-3-5-6/h7-10H,3-6H2,1-2H3;2*1-5H,(H,8,9). The van der Waals surface area contributed by atoms with Crippen LogP contribution >= 0.6 is 0 Å². The number of carboxylic acid groups (broad SMARTS) is 2. The first kappa shape index (κ1) is 25.3. The summed E-state index contributed by atoms with van der Waals surface area (Å²) in [5.74, 6) is -0.847. The zero-order chi connectivity index (χ0) is 21.4. The number of hydrogen-bond acceptors (Lipinski definition) is 4. The Hall–Kier alpha value is -2.70. The Morgan fingerprint density at radius 3 is 1.39 bits per heavy atom. The summed E-state index contributed by atoms with van der Waals surface area (Å²) in [4.78, 5) is 20.4. The minimum atomic E-state index is -0.879. The highest BCUT2D eigenvalue weighted by Crippen LogP contribution is 2.13. The summed E-state index contributed by atoms with van der Waals surface area (Å²) < 4.78 is 0. The van der Waals surface area contributed by atoms with E-state index in [1.54, 1.807) is 60.7 Å². The second-order valence-corrected chi connectivity index (χ2v) is 6.48. The first-order valence-corrected chi connectivity index (χ1v) is 9.10. The maximum absolute atomic E-state index is 10.2. The van der Waals surface area contributed by atoms with E-state index in [1.165, 1.54) is 0 Å². The summed E-state index contributed by atoms with van der Waals surface area (Å²) in [6.45, 7) is 4.64. The second kappa shape index (κ2) is 15.4. The van der Waals surface area contributed by atoms with Gasteiger partial charge in [0.1, 0.15) is 0 Å². The molecule has 0 bridgehead atoms. The van der Waals surface area contributed by atoms with Crippen molar-refractivity contribution in [3.63, 3.8) is 0 Å². The molecule has 0 aromatic heterocycles. The maximum Gasteiger partial charge on any atom is 0.335 e. The highest BCUT2D eigenvalue weighted by atomic mass is 16.4. The van der Waals surface area contributed by atoms with Gasteiger partial charge in [-0.05, 0) is 48.9 Å². The second-order valence-electron chi connectivity index (χ2n) is 6.48. The van der Waals surface area contributed by atoms with Gasteiger partial charge in [-0.25, -0.2) is 9.59 Å². The lowest BCUT2D eigenvalue weighted by Gasteiger charge is -2.13. The number of aromatic carboxylic acids is 2. The molecule has 0 saturated heterocycles. The molecule has 0 spiro atoms. The number of rotatable bonds is 7. The van der Waals surface area contributed by atoms with Crippen LogP contribution in [0.25, 0.3) is 0 Å². The zero-order valence-electron chi connectivity index (χ0n) is 16.4. The summed E-state index contributed by atoms with van der Waals surface area (Å²) in [6, 6.07) is 16.6. The third-order valence-corrected chi connectivity index (χ3v) is 3.78. The van der Waals surface area contributed by atoms with E-state index < -0.39 is 11.9 Å². The number of hydrogen-bond donors (Lipinski definition) is 4. The van der Waals surface area contributed by atoms with Crippen LogP contribution in [0.1, 0.15) is 47.4 Å². The zero-order valence-corrected chi connectivity index (χ0v) is 16.4. The Labute approximate surface area is 166 Å². The number of aliphatic hydroxyl groups excluding tert-OH is 2. The smallest absolute Gasteiger partial charge is 0.335 e. The molecule has 6 nitrogen and oxygen atoms in total. The Bertz CT molecular complexity index is 608. The van der Waals surface area contributed by atoms with Gasteiger partial charge in [0.25, 0.3) is 0 Å². The summed E-state index contributed by atoms with van der Waals surface area (Å²) in [5, 5.41) is 34.0. The summed E-state index contributed by atoms with van der Waals surface area (Å²) >= 11 is 0. The maximum atomic E-state index is 10.2. The molecule has 2 rings (SSSR count). The van der Waals surface area contributed by atoms with Crippen molar-refractivity contribution in [2.75, 3.05) is 13.2 Å². The molecule has 0 saturated carbocycles. The Morgan fingerprint density at radius 2 is 1.14 bits per heavy atom. The van der Waals surface area contributed by atoms with Crippen LogP contribution in [0, 0.1) is 11.8 Å². The van der Waals surface area contributed by atoms with E-state index in [0.29, 0.717) is 23.0 Å². The minimum absolute atomic E-state index is 0.260. The molecule has 0 aliphatic rings. The molecule has 0 radical (unpaired) electrons. The molecule has 28 heavy (non-hydrogen) atoms. The van der Waals surface area contributed by atoms with Gasteiger partial charge in [0.15, 0.2) is 0 Å². The summed E-state index contributed by atoms with van der Waals surface area (Å²) in [6.07, 6.45) is 1.86. The van der Waals surface area contributed by atoms with Crippen LogP contribution in [0.2, 0.25) is 0 Å². The van der Waals surface area contributed by atoms with Crippen LogP contribution in [0.4, 0.5) is 0 Å². The average molecular weight is 390 g/mol. The van der Waals surface area contributed by atoms with Gasteiger partial charge in [0.05, 0.1) is 11.1 Å². The molecule has 0 fully saturated rings. The van der Waals surface area contributed by atoms with Crippen LogP contribution in [-0.4, -0.2) is 45.6 Å². The van der Waals surface area contributed by atoms with E-state index in [9.17, 15) is 9.59 Å². The van der Waals surface area contributed by atoms with Crippen molar-refractivity contribution in [2.24, 2.45) is 11.8 Å². The fourth-order valence-electron chi connectivity index (χ4n) is 2.26. The van der Waals surface area contributed by atoms with Crippen LogP contribution < -0.4 is 0 Å². The molecule has 0 heterocycles. The van der Waals surface area contributed by atoms with E-state index >= 15 is 0 Å². The van der Waals surface area contributed by atoms with Gasteiger partial charge in [-0.2, -0.15) is 0 Å². The largest absolute Gasteiger partial charge is 0.478 e. The van der Waals surface area contributed by atoms with E-state index in [4.69, 9.17) is 20.4 Å². The minimum Gasteiger partial charge on any atom is -0.478 e. The van der Waals surface area contributed by atoms with Gasteiger partial charge >= 0.3 is 11.9 Å². The van der Waals surface area contributed by atoms with E-state index in [2.05, 4.69) is 6.92 Å². The molecule has 2 aromatic carbocycles. The molecular formula is C22H30O6. The number of aliphatic hydroxyl groups is 2. The Morgan fingerprint density at radius 1 is 0.750 bits per heavy atom. The van der Waals surface area contributed by atoms with Crippen molar-refractivity contribution in [1.82, 2.24) is 0 Å². The van der Waals surface area contributed by atoms with E-state index in [1.807, 2.05) is 6.92 Å². The normalized spacial score (nSPS) is 11.7.